The molecular weight excluding hydrogens is 1090 g/mol. The molecule has 0 saturated carbocycles. The van der Waals surface area contributed by atoms with Crippen molar-refractivity contribution in [1.82, 2.24) is 19.9 Å². The lowest BCUT2D eigenvalue weighted by molar-refractivity contribution is 0.0475. The van der Waals surface area contributed by atoms with Crippen molar-refractivity contribution in [3.63, 3.8) is 0 Å². The fraction of sp³-hybridized carbons (Fsp3) is 0.100. The molecule has 4 aliphatic carbocycles. The van der Waals surface area contributed by atoms with E-state index < -0.39 is 11.8 Å². The lowest BCUT2D eigenvalue weighted by Crippen LogP contribution is -2.36. The maximum atomic E-state index is 17.3. The van der Waals surface area contributed by atoms with Gasteiger partial charge in [0.1, 0.15) is 5.82 Å². The lowest BCUT2D eigenvalue weighted by Gasteiger charge is -2.28. The minimum absolute atomic E-state index is 0.000226. The Hall–Kier alpha value is -10.4. The smallest absolute Gasteiger partial charge is 0.232 e. The van der Waals surface area contributed by atoms with Crippen LogP contribution in [0.3, 0.4) is 0 Å². The summed E-state index contributed by atoms with van der Waals surface area (Å²) in [7, 11) is 0. The largest absolute Gasteiger partial charge is 0.299 e. The van der Waals surface area contributed by atoms with Gasteiger partial charge < -0.3 is 0 Å². The van der Waals surface area contributed by atoms with Gasteiger partial charge in [0.05, 0.1) is 22.8 Å². The lowest BCUT2D eigenvalue weighted by atomic mass is 9.80. The van der Waals surface area contributed by atoms with E-state index in [9.17, 15) is 0 Å². The van der Waals surface area contributed by atoms with Crippen LogP contribution in [0.15, 0.2) is 261 Å². The third-order valence-corrected chi connectivity index (χ3v) is 18.4. The Kier molecular flexibility index (Phi) is 12.3. The van der Waals surface area contributed by atoms with Crippen LogP contribution in [-0.4, -0.2) is 19.9 Å². The van der Waals surface area contributed by atoms with Gasteiger partial charge in [-0.05, 0) is 145 Å². The van der Waals surface area contributed by atoms with Crippen molar-refractivity contribution in [3.8, 4) is 89.7 Å². The molecule has 422 valence electrons. The Morgan fingerprint density at radius 1 is 0.375 bits per heavy atom. The minimum atomic E-state index is -3.26. The van der Waals surface area contributed by atoms with E-state index in [2.05, 4.69) is 68.5 Å². The molecule has 8 heteroatoms. The van der Waals surface area contributed by atoms with Crippen LogP contribution < -0.4 is 10.4 Å². The first kappa shape index (κ1) is 53.1. The molecule has 2 atom stereocenters. The zero-order chi connectivity index (χ0) is 59.5. The predicted octanol–water partition coefficient (Wildman–Crippen LogP) is 18.9. The van der Waals surface area contributed by atoms with Crippen molar-refractivity contribution < 1.29 is 17.6 Å². The number of aromatic nitrogens is 4. The summed E-state index contributed by atoms with van der Waals surface area (Å²) < 4.78 is 66.6. The fourth-order valence-corrected chi connectivity index (χ4v) is 13.9. The van der Waals surface area contributed by atoms with Crippen LogP contribution in [0.1, 0.15) is 66.0 Å². The number of rotatable bonds is 9. The summed E-state index contributed by atoms with van der Waals surface area (Å²) in [5, 5.41) is 3.82. The van der Waals surface area contributed by atoms with E-state index in [1.165, 1.54) is 6.07 Å². The highest BCUT2D eigenvalue weighted by molar-refractivity contribution is 6.05. The van der Waals surface area contributed by atoms with Gasteiger partial charge in [-0.3, -0.25) is 0 Å². The minimum Gasteiger partial charge on any atom is -0.232 e. The first-order chi connectivity index (χ1) is 42.9. The standard InChI is InChI=1S/C80H54F4N4/c1-48-42-66(59-24-12-13-26-64(59)75(48)74-47-73(51-20-8-4-9-21-51)87-77(88-74)78(2)40-16-5-17-41-78)55-34-37-63-62-35-32-53(43-68(62)80(83,84)70(63)45-55)49-28-30-52(31-29-49)72-46-71(50-18-6-3-7-19-50)85-76(86-72)65-39-38-56(57-22-10-11-23-58(57)65)54-33-36-61-60-25-14-15-27-67(60)79(81,82)69(61)44-54/h3-40,43-48H,41-42H2,1-2H3. The van der Waals surface area contributed by atoms with E-state index in [-0.39, 0.29) is 33.6 Å². The quantitative estimate of drug-likeness (QED) is 0.135. The fourth-order valence-electron chi connectivity index (χ4n) is 13.9. The van der Waals surface area contributed by atoms with Crippen molar-refractivity contribution >= 4 is 21.9 Å². The molecule has 0 radical (unpaired) electrons. The summed E-state index contributed by atoms with van der Waals surface area (Å²) in [5.74, 6) is -5.10. The number of benzene rings is 10. The molecule has 4 aliphatic rings. The number of nitrogens with zero attached hydrogens (tertiary/aromatic N) is 4. The molecule has 0 amide bonds. The zero-order valence-electron chi connectivity index (χ0n) is 48.1. The van der Waals surface area contributed by atoms with E-state index in [0.29, 0.717) is 51.3 Å². The summed E-state index contributed by atoms with van der Waals surface area (Å²) in [6.45, 7) is 4.40. The van der Waals surface area contributed by atoms with Crippen molar-refractivity contribution in [2.45, 2.75) is 43.9 Å². The van der Waals surface area contributed by atoms with Crippen LogP contribution in [0.4, 0.5) is 17.6 Å². The molecule has 0 bridgehead atoms. The van der Waals surface area contributed by atoms with Crippen LogP contribution in [0.2, 0.25) is 0 Å². The van der Waals surface area contributed by atoms with Gasteiger partial charge in [-0.15, -0.1) is 0 Å². The average molecular weight is 1150 g/mol. The second-order valence-corrected chi connectivity index (χ2v) is 23.9. The summed E-state index contributed by atoms with van der Waals surface area (Å²) in [5.41, 5.74) is 14.4. The van der Waals surface area contributed by atoms with Gasteiger partial charge in [-0.1, -0.05) is 231 Å². The Labute approximate surface area is 507 Å². The second kappa shape index (κ2) is 20.3. The second-order valence-electron chi connectivity index (χ2n) is 23.9. The van der Waals surface area contributed by atoms with Crippen molar-refractivity contribution in [3.05, 3.63) is 311 Å². The van der Waals surface area contributed by atoms with Crippen molar-refractivity contribution in [2.24, 2.45) is 5.92 Å². The molecule has 0 aliphatic heterocycles. The topological polar surface area (TPSA) is 51.6 Å². The Bertz CT molecular complexity index is 5070. The van der Waals surface area contributed by atoms with Crippen molar-refractivity contribution in [1.29, 1.82) is 0 Å². The van der Waals surface area contributed by atoms with E-state index in [1.54, 1.807) is 36.4 Å². The van der Waals surface area contributed by atoms with E-state index in [1.807, 2.05) is 164 Å². The van der Waals surface area contributed by atoms with Gasteiger partial charge in [0.2, 0.25) is 0 Å². The zero-order valence-corrected chi connectivity index (χ0v) is 48.1. The maximum Gasteiger partial charge on any atom is 0.299 e. The molecule has 0 N–H and O–H groups in total. The molecule has 12 aromatic rings. The average Bonchev–Trinajstić information content (AvgIpc) is 1.68. The first-order valence-corrected chi connectivity index (χ1v) is 29.9. The Balaban J connectivity index is 0.728. The van der Waals surface area contributed by atoms with Crippen LogP contribution in [0.25, 0.3) is 112 Å². The number of hydrogen-bond donors (Lipinski definition) is 0. The van der Waals surface area contributed by atoms with Gasteiger partial charge in [-0.25, -0.2) is 19.9 Å². The van der Waals surface area contributed by atoms with Gasteiger partial charge in [0.15, 0.2) is 5.82 Å². The number of halogens is 4. The third-order valence-electron chi connectivity index (χ3n) is 18.4. The molecule has 2 heterocycles. The van der Waals surface area contributed by atoms with Crippen LogP contribution in [0, 0.1) is 5.92 Å². The number of allylic oxidation sites excluding steroid dienone is 4. The first-order valence-electron chi connectivity index (χ1n) is 29.9. The number of hydrogen-bond acceptors (Lipinski definition) is 4. The molecule has 10 aromatic carbocycles. The highest BCUT2D eigenvalue weighted by Crippen LogP contribution is 2.54. The summed E-state index contributed by atoms with van der Waals surface area (Å²) in [6, 6.07) is 75.5. The van der Waals surface area contributed by atoms with Crippen LogP contribution in [0.5, 0.6) is 0 Å². The van der Waals surface area contributed by atoms with Gasteiger partial charge in [0.25, 0.3) is 11.8 Å². The van der Waals surface area contributed by atoms with Crippen LogP contribution in [-0.2, 0) is 17.3 Å². The molecule has 0 spiro atoms. The van der Waals surface area contributed by atoms with E-state index >= 15 is 17.6 Å². The van der Waals surface area contributed by atoms with Crippen LogP contribution >= 0.6 is 0 Å². The van der Waals surface area contributed by atoms with Crippen molar-refractivity contribution in [2.75, 3.05) is 0 Å². The van der Waals surface area contributed by atoms with E-state index in [0.717, 1.165) is 101 Å². The maximum absolute atomic E-state index is 17.3. The molecular formula is C80H54F4N4. The SMILES string of the molecule is CC1CC(c2ccc3c(c2)C(F)(F)c2cc(-c4ccc(-c5cc(-c6ccccc6)nc(-c6ccc(-c7ccc8c(c7)C(F)(F)c7ccccc7-8)c7ccccc67)n5)cc4)ccc2-3)=c2ccccc2=C1c1cc(-c2ccccc2)nc(C2(C)C=CC=CC2)n1. The normalized spacial score (nSPS) is 17.3. The monoisotopic (exact) mass is 1150 g/mol. The van der Waals surface area contributed by atoms with Gasteiger partial charge in [0, 0.05) is 49.9 Å². The van der Waals surface area contributed by atoms with Gasteiger partial charge in [-0.2, -0.15) is 17.6 Å². The molecule has 0 fully saturated rings. The highest BCUT2D eigenvalue weighted by Gasteiger charge is 2.46. The van der Waals surface area contributed by atoms with E-state index in [4.69, 9.17) is 19.9 Å². The Morgan fingerprint density at radius 3 is 1.51 bits per heavy atom. The molecule has 0 saturated heterocycles. The summed E-state index contributed by atoms with van der Waals surface area (Å²) in [6.07, 6.45) is 9.92. The predicted molar refractivity (Wildman–Crippen MR) is 346 cm³/mol. The third kappa shape index (κ3) is 8.63. The molecule has 88 heavy (non-hydrogen) atoms. The molecule has 2 unspecified atom stereocenters. The highest BCUT2D eigenvalue weighted by atomic mass is 19.3. The summed E-state index contributed by atoms with van der Waals surface area (Å²) >= 11 is 0. The van der Waals surface area contributed by atoms with Gasteiger partial charge >= 0.3 is 0 Å². The molecule has 2 aromatic heterocycles. The summed E-state index contributed by atoms with van der Waals surface area (Å²) in [4.78, 5) is 20.9. The molecule has 16 rings (SSSR count). The number of alkyl halides is 4. The number of fused-ring (bicyclic) bond motifs is 8. The Morgan fingerprint density at radius 2 is 0.841 bits per heavy atom. The molecule has 4 nitrogen and oxygen atoms in total.